The monoisotopic (exact) mass is 989 g/mol. The Hall–Kier alpha value is -1.89. The Balaban J connectivity index is 1.30. The summed E-state index contributed by atoms with van der Waals surface area (Å²) < 4.78 is 32.2. The number of alkyl halides is 4. The van der Waals surface area contributed by atoms with Crippen LogP contribution < -0.4 is 0 Å². The van der Waals surface area contributed by atoms with Crippen LogP contribution in [0.25, 0.3) is 0 Å². The van der Waals surface area contributed by atoms with Crippen LogP contribution in [0.2, 0.25) is 0 Å². The van der Waals surface area contributed by atoms with Gasteiger partial charge in [0.1, 0.15) is 56.2 Å². The predicted molar refractivity (Wildman–Crippen MR) is 197 cm³/mol. The van der Waals surface area contributed by atoms with Crippen LogP contribution in [-0.2, 0) is 62.0 Å². The molecule has 0 aromatic rings. The first-order valence-corrected chi connectivity index (χ1v) is 20.9. The van der Waals surface area contributed by atoms with E-state index in [0.29, 0.717) is 38.5 Å². The Morgan fingerprint density at radius 1 is 0.750 bits per heavy atom. The first-order valence-electron chi connectivity index (χ1n) is 17.2. The summed E-state index contributed by atoms with van der Waals surface area (Å²) in [6, 6.07) is 0. The van der Waals surface area contributed by atoms with Gasteiger partial charge in [-0.1, -0.05) is 88.7 Å². The average Bonchev–Trinajstić information content (AvgIpc) is 3.78. The lowest BCUT2D eigenvalue weighted by atomic mass is 9.78. The third kappa shape index (κ3) is 9.66. The molecule has 0 bridgehead atoms. The molecule has 9 unspecified atom stereocenters. The minimum absolute atomic E-state index is 0.132. The molecule has 0 aromatic heterocycles. The normalized spacial score (nSPS) is 27.1. The Bertz CT molecular complexity index is 1380. The molecule has 2 aliphatic carbocycles. The number of epoxide rings is 1. The summed E-state index contributed by atoms with van der Waals surface area (Å²) in [6.45, 7) is 3.81. The number of carbonyl (C=O) groups is 7. The number of rotatable bonds is 22. The maximum absolute atomic E-state index is 13.5. The average molecular weight is 993 g/mol. The van der Waals surface area contributed by atoms with Crippen LogP contribution in [0.4, 0.5) is 0 Å². The van der Waals surface area contributed by atoms with Crippen LogP contribution in [0.15, 0.2) is 12.2 Å². The molecule has 14 nitrogen and oxygen atoms in total. The number of amides is 2. The standard InChI is InChI=1S/C34H43Br4NO13/c1-4-47-28(42)19(35)8-6-10-21(37)30(44)50-16-33(3,17-51-31(45)22(38)11-7-9-20(36)29(43)48-5-2)32(46)49-15-14-39-26(40)23-18-12-13-34(18)25(52-34)24(23)27(39)41/h12-13,18-25H,4-11,14-17H2,1-3H3. The lowest BCUT2D eigenvalue weighted by Crippen LogP contribution is -2.43. The van der Waals surface area contributed by atoms with Crippen molar-refractivity contribution in [3.63, 3.8) is 0 Å². The summed E-state index contributed by atoms with van der Waals surface area (Å²) in [4.78, 5) is 87.8. The number of esters is 5. The Labute approximate surface area is 335 Å². The third-order valence-electron chi connectivity index (χ3n) is 9.54. The van der Waals surface area contributed by atoms with Gasteiger partial charge < -0.3 is 28.4 Å². The van der Waals surface area contributed by atoms with Crippen LogP contribution in [0.5, 0.6) is 0 Å². The van der Waals surface area contributed by atoms with Gasteiger partial charge in [-0.3, -0.25) is 38.5 Å². The summed E-state index contributed by atoms with van der Waals surface area (Å²) >= 11 is 13.2. The van der Waals surface area contributed by atoms with E-state index in [1.807, 2.05) is 12.2 Å². The zero-order valence-electron chi connectivity index (χ0n) is 29.0. The van der Waals surface area contributed by atoms with E-state index in [0.717, 1.165) is 4.90 Å². The van der Waals surface area contributed by atoms with Crippen LogP contribution in [0.1, 0.15) is 59.3 Å². The number of hydrogen-bond acceptors (Lipinski definition) is 13. The number of carbonyl (C=O) groups excluding carboxylic acids is 7. The van der Waals surface area contributed by atoms with Gasteiger partial charge in [0, 0.05) is 5.92 Å². The largest absolute Gasteiger partial charge is 0.465 e. The van der Waals surface area contributed by atoms with E-state index < -0.39 is 85.2 Å². The number of fused-ring (bicyclic) bond motifs is 3. The molecule has 2 saturated heterocycles. The van der Waals surface area contributed by atoms with Crippen LogP contribution in [-0.4, -0.2) is 117 Å². The van der Waals surface area contributed by atoms with E-state index in [1.54, 1.807) is 13.8 Å². The first-order chi connectivity index (χ1) is 24.6. The van der Waals surface area contributed by atoms with Crippen molar-refractivity contribution >= 4 is 105 Å². The highest BCUT2D eigenvalue weighted by Gasteiger charge is 2.80. The van der Waals surface area contributed by atoms with E-state index in [2.05, 4.69) is 63.7 Å². The zero-order valence-corrected chi connectivity index (χ0v) is 35.4. The molecule has 1 saturated carbocycles. The van der Waals surface area contributed by atoms with Gasteiger partial charge in [-0.15, -0.1) is 0 Å². The smallest absolute Gasteiger partial charge is 0.319 e. The van der Waals surface area contributed by atoms with Crippen molar-refractivity contribution in [2.45, 2.75) is 90.3 Å². The number of ether oxygens (including phenoxy) is 6. The van der Waals surface area contributed by atoms with Crippen molar-refractivity contribution in [1.82, 2.24) is 4.90 Å². The van der Waals surface area contributed by atoms with Gasteiger partial charge in [0.15, 0.2) is 0 Å². The molecule has 0 N–H and O–H groups in total. The maximum Gasteiger partial charge on any atom is 0.319 e. The molecule has 4 rings (SSSR count). The highest BCUT2D eigenvalue weighted by atomic mass is 79.9. The number of hydrogen-bond donors (Lipinski definition) is 0. The molecule has 2 aliphatic heterocycles. The van der Waals surface area contributed by atoms with Gasteiger partial charge in [-0.25, -0.2) is 0 Å². The first kappa shape index (κ1) is 42.8. The van der Waals surface area contributed by atoms with Gasteiger partial charge in [-0.05, 0) is 46.5 Å². The van der Waals surface area contributed by atoms with Crippen molar-refractivity contribution < 1.29 is 62.0 Å². The van der Waals surface area contributed by atoms with Crippen LogP contribution in [0.3, 0.4) is 0 Å². The van der Waals surface area contributed by atoms with Gasteiger partial charge in [0.05, 0.1) is 31.6 Å². The van der Waals surface area contributed by atoms with Crippen molar-refractivity contribution in [1.29, 1.82) is 0 Å². The second kappa shape index (κ2) is 18.6. The van der Waals surface area contributed by atoms with E-state index in [4.69, 9.17) is 28.4 Å². The van der Waals surface area contributed by atoms with E-state index in [1.165, 1.54) is 6.92 Å². The summed E-state index contributed by atoms with van der Waals surface area (Å²) in [6.07, 6.45) is 5.89. The summed E-state index contributed by atoms with van der Waals surface area (Å²) in [5.41, 5.74) is -2.13. The quantitative estimate of drug-likeness (QED) is 0.0379. The number of halogens is 4. The fourth-order valence-corrected chi connectivity index (χ4v) is 8.35. The molecule has 2 amide bonds. The highest BCUT2D eigenvalue weighted by molar-refractivity contribution is 9.10. The van der Waals surface area contributed by atoms with Gasteiger partial charge >= 0.3 is 29.8 Å². The molecule has 4 aliphatic rings. The molecular formula is C34H43Br4NO13. The third-order valence-corrected chi connectivity index (χ3v) is 12.9. The molecule has 3 fully saturated rings. The summed E-state index contributed by atoms with van der Waals surface area (Å²) in [5.74, 6) is -4.88. The summed E-state index contributed by atoms with van der Waals surface area (Å²) in [7, 11) is 0. The van der Waals surface area contributed by atoms with Crippen molar-refractivity contribution in [3.8, 4) is 0 Å². The molecular weight excluding hydrogens is 950 g/mol. The lowest BCUT2D eigenvalue weighted by molar-refractivity contribution is -0.171. The van der Waals surface area contributed by atoms with Gasteiger partial charge in [-0.2, -0.15) is 0 Å². The van der Waals surface area contributed by atoms with E-state index >= 15 is 0 Å². The van der Waals surface area contributed by atoms with E-state index in [-0.39, 0.29) is 50.2 Å². The molecule has 9 atom stereocenters. The molecule has 52 heavy (non-hydrogen) atoms. The molecule has 0 radical (unpaired) electrons. The molecule has 2 heterocycles. The Kier molecular flexibility index (Phi) is 15.4. The van der Waals surface area contributed by atoms with Gasteiger partial charge in [0.2, 0.25) is 11.8 Å². The second-order valence-electron chi connectivity index (χ2n) is 13.3. The summed E-state index contributed by atoms with van der Waals surface area (Å²) in [5, 5.41) is 0. The zero-order chi connectivity index (χ0) is 38.4. The minimum atomic E-state index is -1.66. The SMILES string of the molecule is CCOC(=O)C(Br)CCCC(Br)C(=O)OCC(C)(COC(=O)C(Br)CCCC(Br)C(=O)OCC)C(=O)OCCN1C(=O)C2C(C1=O)C1OC13C=CC23. The molecule has 290 valence electrons. The fraction of sp³-hybridized carbons (Fsp3) is 0.735. The molecule has 0 aromatic carbocycles. The van der Waals surface area contributed by atoms with Crippen molar-refractivity contribution in [2.75, 3.05) is 39.6 Å². The minimum Gasteiger partial charge on any atom is -0.465 e. The van der Waals surface area contributed by atoms with E-state index in [9.17, 15) is 33.6 Å². The molecule has 18 heteroatoms. The van der Waals surface area contributed by atoms with Crippen molar-refractivity contribution in [2.24, 2.45) is 23.2 Å². The van der Waals surface area contributed by atoms with Crippen LogP contribution >= 0.6 is 63.7 Å². The Morgan fingerprint density at radius 2 is 1.19 bits per heavy atom. The molecule has 1 spiro atoms. The number of imide groups is 1. The topological polar surface area (TPSA) is 181 Å². The van der Waals surface area contributed by atoms with Gasteiger partial charge in [0.25, 0.3) is 0 Å². The fourth-order valence-electron chi connectivity index (χ4n) is 6.52. The maximum atomic E-state index is 13.5. The lowest BCUT2D eigenvalue weighted by Gasteiger charge is -2.28. The van der Waals surface area contributed by atoms with Crippen LogP contribution in [0, 0.1) is 23.2 Å². The number of likely N-dealkylation sites (tertiary alicyclic amines) is 1. The second-order valence-corrected chi connectivity index (χ2v) is 17.7. The Morgan fingerprint density at radius 3 is 1.62 bits per heavy atom. The highest BCUT2D eigenvalue weighted by Crippen LogP contribution is 2.67. The number of nitrogens with zero attached hydrogens (tertiary/aromatic N) is 1. The van der Waals surface area contributed by atoms with Crippen molar-refractivity contribution in [3.05, 3.63) is 12.2 Å². The predicted octanol–water partition coefficient (Wildman–Crippen LogP) is 4.08.